The van der Waals surface area contributed by atoms with Crippen molar-refractivity contribution in [3.05, 3.63) is 51.2 Å². The lowest BCUT2D eigenvalue weighted by Gasteiger charge is -2.22. The normalized spacial score (nSPS) is 10.1. The van der Waals surface area contributed by atoms with E-state index < -0.39 is 5.91 Å². The molecule has 1 heterocycles. The summed E-state index contributed by atoms with van der Waals surface area (Å²) in [4.78, 5) is 25.9. The van der Waals surface area contributed by atoms with Crippen molar-refractivity contribution in [3.63, 3.8) is 0 Å². The number of hydrogen-bond donors (Lipinski definition) is 1. The van der Waals surface area contributed by atoms with Crippen LogP contribution in [0.1, 0.15) is 37.6 Å². The summed E-state index contributed by atoms with van der Waals surface area (Å²) in [6.07, 6.45) is 0.229. The molecule has 2 aromatic rings. The van der Waals surface area contributed by atoms with Gasteiger partial charge in [0, 0.05) is 17.6 Å². The molecule has 0 saturated heterocycles. The second-order valence-corrected chi connectivity index (χ2v) is 6.11. The van der Waals surface area contributed by atoms with Crippen LogP contribution >= 0.6 is 11.3 Å². The molecule has 1 aromatic carbocycles. The minimum Gasteiger partial charge on any atom is -0.366 e. The number of carbonyl (C=O) groups excluding carboxylic acids is 2. The van der Waals surface area contributed by atoms with Gasteiger partial charge in [-0.05, 0) is 43.2 Å². The third-order valence-electron chi connectivity index (χ3n) is 3.59. The first kappa shape index (κ1) is 16.7. The monoisotopic (exact) mass is 327 g/mol. The van der Waals surface area contributed by atoms with Crippen LogP contribution in [-0.2, 0) is 0 Å². The third-order valence-corrected chi connectivity index (χ3v) is 4.51. The van der Waals surface area contributed by atoms with Crippen molar-refractivity contribution in [2.24, 2.45) is 5.73 Å². The summed E-state index contributed by atoms with van der Waals surface area (Å²) in [7, 11) is 0. The van der Waals surface area contributed by atoms with Gasteiger partial charge in [-0.1, -0.05) is 6.07 Å². The van der Waals surface area contributed by atoms with Gasteiger partial charge in [0.05, 0.1) is 22.9 Å². The number of anilines is 1. The van der Waals surface area contributed by atoms with Crippen molar-refractivity contribution in [2.75, 3.05) is 11.4 Å². The van der Waals surface area contributed by atoms with Crippen LogP contribution in [0.15, 0.2) is 29.6 Å². The maximum absolute atomic E-state index is 12.8. The van der Waals surface area contributed by atoms with Crippen molar-refractivity contribution in [1.29, 1.82) is 5.26 Å². The Kier molecular flexibility index (Phi) is 5.14. The zero-order valence-corrected chi connectivity index (χ0v) is 13.8. The lowest BCUT2D eigenvalue weighted by Crippen LogP contribution is -2.31. The lowest BCUT2D eigenvalue weighted by atomic mass is 10.1. The van der Waals surface area contributed by atoms with Gasteiger partial charge >= 0.3 is 0 Å². The zero-order valence-electron chi connectivity index (χ0n) is 13.0. The maximum Gasteiger partial charge on any atom is 0.268 e. The first-order chi connectivity index (χ1) is 10.9. The van der Waals surface area contributed by atoms with E-state index >= 15 is 0 Å². The number of benzene rings is 1. The molecule has 0 aliphatic rings. The number of nitriles is 1. The van der Waals surface area contributed by atoms with Gasteiger partial charge in [-0.3, -0.25) is 9.59 Å². The molecule has 0 unspecified atom stereocenters. The van der Waals surface area contributed by atoms with E-state index in [1.807, 2.05) is 32.0 Å². The van der Waals surface area contributed by atoms with Crippen molar-refractivity contribution in [3.8, 4) is 6.07 Å². The summed E-state index contributed by atoms with van der Waals surface area (Å²) in [6.45, 7) is 4.27. The molecule has 6 heteroatoms. The van der Waals surface area contributed by atoms with Crippen LogP contribution in [-0.4, -0.2) is 18.4 Å². The third kappa shape index (κ3) is 3.76. The molecule has 0 bridgehead atoms. The molecule has 2 rings (SSSR count). The van der Waals surface area contributed by atoms with Gasteiger partial charge in [0.15, 0.2) is 0 Å². The summed E-state index contributed by atoms with van der Waals surface area (Å²) in [5.41, 5.74) is 8.49. The number of nitrogens with zero attached hydrogens (tertiary/aromatic N) is 2. The fraction of sp³-hybridized carbons (Fsp3) is 0.235. The highest BCUT2D eigenvalue weighted by atomic mass is 32.1. The second kappa shape index (κ2) is 7.07. The quantitative estimate of drug-likeness (QED) is 0.915. The Morgan fingerprint density at radius 2 is 2.00 bits per heavy atom. The maximum atomic E-state index is 12.8. The number of nitrogens with two attached hydrogens (primary N) is 1. The molecule has 0 aliphatic heterocycles. The molecule has 1 aromatic heterocycles. The van der Waals surface area contributed by atoms with Crippen molar-refractivity contribution in [2.45, 2.75) is 20.3 Å². The topological polar surface area (TPSA) is 87.2 Å². The molecule has 0 aliphatic carbocycles. The number of aryl methyl sites for hydroxylation is 2. The van der Waals surface area contributed by atoms with Gasteiger partial charge in [-0.2, -0.15) is 5.26 Å². The Labute approximate surface area is 138 Å². The van der Waals surface area contributed by atoms with Gasteiger partial charge in [0.1, 0.15) is 0 Å². The van der Waals surface area contributed by atoms with E-state index in [1.54, 1.807) is 10.3 Å². The minimum absolute atomic E-state index is 0.229. The summed E-state index contributed by atoms with van der Waals surface area (Å²) < 4.78 is 0. The smallest absolute Gasteiger partial charge is 0.268 e. The number of thiophene rings is 1. The number of amides is 2. The van der Waals surface area contributed by atoms with Gasteiger partial charge in [-0.25, -0.2) is 0 Å². The standard InChI is InChI=1S/C17H17N3O2S/c1-11-4-5-14(8-12(11)2)20(7-3-6-18)17(22)15-9-13(10-23-15)16(19)21/h4-5,8-10H,3,7H2,1-2H3,(H2,19,21). The Balaban J connectivity index is 2.36. The molecule has 5 nitrogen and oxygen atoms in total. The van der Waals surface area contributed by atoms with Crippen LogP contribution in [0.2, 0.25) is 0 Å². The van der Waals surface area contributed by atoms with Gasteiger partial charge in [0.2, 0.25) is 5.91 Å². The molecule has 0 atom stereocenters. The van der Waals surface area contributed by atoms with E-state index in [2.05, 4.69) is 6.07 Å². The average Bonchev–Trinajstić information content (AvgIpc) is 3.01. The summed E-state index contributed by atoms with van der Waals surface area (Å²) in [6, 6.07) is 9.29. The number of hydrogen-bond acceptors (Lipinski definition) is 4. The lowest BCUT2D eigenvalue weighted by molar-refractivity contribution is 0.0990. The highest BCUT2D eigenvalue weighted by molar-refractivity contribution is 7.12. The molecule has 0 fully saturated rings. The zero-order chi connectivity index (χ0) is 17.0. The summed E-state index contributed by atoms with van der Waals surface area (Å²) >= 11 is 1.17. The molecular formula is C17H17N3O2S. The van der Waals surface area contributed by atoms with Crippen LogP contribution in [0, 0.1) is 25.2 Å². The Morgan fingerprint density at radius 3 is 2.57 bits per heavy atom. The molecule has 23 heavy (non-hydrogen) atoms. The van der Waals surface area contributed by atoms with E-state index in [9.17, 15) is 9.59 Å². The number of carbonyl (C=O) groups is 2. The van der Waals surface area contributed by atoms with Crippen LogP contribution in [0.3, 0.4) is 0 Å². The minimum atomic E-state index is -0.560. The molecule has 0 saturated carbocycles. The Hall–Kier alpha value is -2.65. The number of primary amides is 1. The average molecular weight is 327 g/mol. The molecule has 0 spiro atoms. The van der Waals surface area contributed by atoms with E-state index in [4.69, 9.17) is 11.0 Å². The van der Waals surface area contributed by atoms with E-state index in [-0.39, 0.29) is 12.3 Å². The fourth-order valence-electron chi connectivity index (χ4n) is 2.11. The van der Waals surface area contributed by atoms with Crippen LogP contribution in [0.5, 0.6) is 0 Å². The first-order valence-electron chi connectivity index (χ1n) is 7.08. The largest absolute Gasteiger partial charge is 0.366 e. The van der Waals surface area contributed by atoms with E-state index in [0.717, 1.165) is 16.8 Å². The highest BCUT2D eigenvalue weighted by Crippen LogP contribution is 2.24. The van der Waals surface area contributed by atoms with Crippen molar-refractivity contribution >= 4 is 28.8 Å². The Morgan fingerprint density at radius 1 is 1.26 bits per heavy atom. The molecule has 0 radical (unpaired) electrons. The van der Waals surface area contributed by atoms with Gasteiger partial charge in [-0.15, -0.1) is 11.3 Å². The summed E-state index contributed by atoms with van der Waals surface area (Å²) in [5, 5.41) is 10.4. The molecule has 2 amide bonds. The molecule has 2 N–H and O–H groups in total. The van der Waals surface area contributed by atoms with Crippen molar-refractivity contribution < 1.29 is 9.59 Å². The highest BCUT2D eigenvalue weighted by Gasteiger charge is 2.20. The van der Waals surface area contributed by atoms with Crippen LogP contribution < -0.4 is 10.6 Å². The fourth-order valence-corrected chi connectivity index (χ4v) is 2.96. The Bertz CT molecular complexity index is 789. The van der Waals surface area contributed by atoms with Gasteiger partial charge < -0.3 is 10.6 Å². The van der Waals surface area contributed by atoms with Crippen LogP contribution in [0.4, 0.5) is 5.69 Å². The first-order valence-corrected chi connectivity index (χ1v) is 7.96. The number of rotatable bonds is 5. The SMILES string of the molecule is Cc1ccc(N(CCC#N)C(=O)c2cc(C(N)=O)cs2)cc1C. The van der Waals surface area contributed by atoms with E-state index in [0.29, 0.717) is 17.0 Å². The van der Waals surface area contributed by atoms with Gasteiger partial charge in [0.25, 0.3) is 5.91 Å². The molecule has 118 valence electrons. The predicted octanol–water partition coefficient (Wildman–Crippen LogP) is 3.02. The van der Waals surface area contributed by atoms with Crippen LogP contribution in [0.25, 0.3) is 0 Å². The van der Waals surface area contributed by atoms with Crippen molar-refractivity contribution in [1.82, 2.24) is 0 Å². The summed E-state index contributed by atoms with van der Waals surface area (Å²) in [5.74, 6) is -0.795. The van der Waals surface area contributed by atoms with E-state index in [1.165, 1.54) is 17.4 Å². The second-order valence-electron chi connectivity index (χ2n) is 5.20. The molecular weight excluding hydrogens is 310 g/mol. The predicted molar refractivity (Wildman–Crippen MR) is 90.7 cm³/mol.